The van der Waals surface area contributed by atoms with Gasteiger partial charge in [-0.2, -0.15) is 0 Å². The van der Waals surface area contributed by atoms with Crippen molar-refractivity contribution in [2.75, 3.05) is 0 Å². The fourth-order valence-corrected chi connectivity index (χ4v) is 2.65. The number of benzene rings is 1. The Bertz CT molecular complexity index is 337. The number of nitrogens with two attached hydrogens (primary N) is 1. The SMILES string of the molecule is Cl.N[C@@H]1C[C@@]12CCc1ccccc12. The fraction of sp³-hybridized carbons (Fsp3) is 0.455. The summed E-state index contributed by atoms with van der Waals surface area (Å²) in [6.07, 6.45) is 3.74. The van der Waals surface area contributed by atoms with Gasteiger partial charge in [-0.25, -0.2) is 0 Å². The minimum Gasteiger partial charge on any atom is -0.327 e. The molecule has 0 aromatic heterocycles. The van der Waals surface area contributed by atoms with Gasteiger partial charge in [-0.3, -0.25) is 0 Å². The van der Waals surface area contributed by atoms with Crippen LogP contribution < -0.4 is 5.73 Å². The van der Waals surface area contributed by atoms with Gasteiger partial charge in [-0.05, 0) is 30.4 Å². The minimum atomic E-state index is 0. The quantitative estimate of drug-likeness (QED) is 0.674. The van der Waals surface area contributed by atoms with E-state index in [-0.39, 0.29) is 12.4 Å². The predicted octanol–water partition coefficient (Wildman–Crippen LogP) is 2.02. The Morgan fingerprint density at radius 1 is 1.31 bits per heavy atom. The van der Waals surface area contributed by atoms with Crippen molar-refractivity contribution in [2.24, 2.45) is 5.73 Å². The molecule has 0 aliphatic heterocycles. The Hall–Kier alpha value is -0.530. The second kappa shape index (κ2) is 2.73. The Balaban J connectivity index is 0.000000653. The molecule has 2 aliphatic carbocycles. The average molecular weight is 196 g/mol. The second-order valence-electron chi connectivity index (χ2n) is 4.12. The zero-order chi connectivity index (χ0) is 8.18. The molecule has 1 spiro atoms. The molecule has 2 atom stereocenters. The summed E-state index contributed by atoms with van der Waals surface area (Å²) >= 11 is 0. The second-order valence-corrected chi connectivity index (χ2v) is 4.12. The number of rotatable bonds is 0. The molecule has 70 valence electrons. The van der Waals surface area contributed by atoms with Crippen LogP contribution in [0.1, 0.15) is 24.0 Å². The highest BCUT2D eigenvalue weighted by atomic mass is 35.5. The standard InChI is InChI=1S/C11H13N.ClH/c12-10-7-11(10)6-5-8-3-1-2-4-9(8)11;/h1-4,10H,5-7,12H2;1H/t10-,11-;/m1./s1. The van der Waals surface area contributed by atoms with Crippen LogP contribution in [0.25, 0.3) is 0 Å². The lowest BCUT2D eigenvalue weighted by molar-refractivity contribution is 0.651. The molecular weight excluding hydrogens is 182 g/mol. The summed E-state index contributed by atoms with van der Waals surface area (Å²) in [6.45, 7) is 0. The smallest absolute Gasteiger partial charge is 0.0146 e. The van der Waals surface area contributed by atoms with Gasteiger partial charge >= 0.3 is 0 Å². The minimum absolute atomic E-state index is 0. The molecule has 2 N–H and O–H groups in total. The Labute approximate surface area is 84.7 Å². The summed E-state index contributed by atoms with van der Waals surface area (Å²) in [5.74, 6) is 0. The van der Waals surface area contributed by atoms with E-state index in [2.05, 4.69) is 24.3 Å². The van der Waals surface area contributed by atoms with Gasteiger partial charge in [0, 0.05) is 11.5 Å². The van der Waals surface area contributed by atoms with E-state index in [1.165, 1.54) is 30.4 Å². The van der Waals surface area contributed by atoms with Crippen LogP contribution in [0.2, 0.25) is 0 Å². The zero-order valence-corrected chi connectivity index (χ0v) is 8.31. The van der Waals surface area contributed by atoms with Crippen LogP contribution in [0.4, 0.5) is 0 Å². The number of halogens is 1. The van der Waals surface area contributed by atoms with E-state index in [0.717, 1.165) is 0 Å². The van der Waals surface area contributed by atoms with E-state index in [1.54, 1.807) is 0 Å². The first kappa shape index (κ1) is 9.04. The third kappa shape index (κ3) is 1.04. The van der Waals surface area contributed by atoms with E-state index in [9.17, 15) is 0 Å². The molecule has 3 rings (SSSR count). The average Bonchev–Trinajstić information content (AvgIpc) is 2.58. The van der Waals surface area contributed by atoms with Crippen LogP contribution in [-0.2, 0) is 11.8 Å². The normalized spacial score (nSPS) is 34.1. The van der Waals surface area contributed by atoms with Crippen molar-refractivity contribution in [1.29, 1.82) is 0 Å². The summed E-state index contributed by atoms with van der Waals surface area (Å²) in [5.41, 5.74) is 9.46. The lowest BCUT2D eigenvalue weighted by atomic mass is 9.98. The van der Waals surface area contributed by atoms with E-state index in [0.29, 0.717) is 11.5 Å². The van der Waals surface area contributed by atoms with Crippen molar-refractivity contribution < 1.29 is 0 Å². The van der Waals surface area contributed by atoms with Crippen molar-refractivity contribution in [3.05, 3.63) is 35.4 Å². The van der Waals surface area contributed by atoms with E-state index in [1.807, 2.05) is 0 Å². The molecule has 1 fully saturated rings. The molecule has 0 amide bonds. The maximum Gasteiger partial charge on any atom is 0.0146 e. The van der Waals surface area contributed by atoms with Crippen LogP contribution in [0.5, 0.6) is 0 Å². The molecular formula is C11H14ClN. The Morgan fingerprint density at radius 3 is 2.69 bits per heavy atom. The number of hydrogen-bond acceptors (Lipinski definition) is 1. The highest BCUT2D eigenvalue weighted by molar-refractivity contribution is 5.85. The lowest BCUT2D eigenvalue weighted by Gasteiger charge is -2.08. The summed E-state index contributed by atoms with van der Waals surface area (Å²) in [4.78, 5) is 0. The highest BCUT2D eigenvalue weighted by Crippen LogP contribution is 2.55. The largest absolute Gasteiger partial charge is 0.327 e. The van der Waals surface area contributed by atoms with E-state index < -0.39 is 0 Å². The molecule has 0 unspecified atom stereocenters. The maximum absolute atomic E-state index is 5.98. The van der Waals surface area contributed by atoms with Crippen molar-refractivity contribution in [2.45, 2.75) is 30.7 Å². The van der Waals surface area contributed by atoms with Crippen LogP contribution >= 0.6 is 12.4 Å². The van der Waals surface area contributed by atoms with Crippen molar-refractivity contribution >= 4 is 12.4 Å². The monoisotopic (exact) mass is 195 g/mol. The van der Waals surface area contributed by atoms with Gasteiger partial charge in [-0.15, -0.1) is 12.4 Å². The first-order valence-corrected chi connectivity index (χ1v) is 4.67. The molecule has 1 nitrogen and oxygen atoms in total. The van der Waals surface area contributed by atoms with Gasteiger partial charge in [0.25, 0.3) is 0 Å². The molecule has 0 heterocycles. The molecule has 2 aliphatic rings. The Morgan fingerprint density at radius 2 is 2.00 bits per heavy atom. The van der Waals surface area contributed by atoms with E-state index >= 15 is 0 Å². The maximum atomic E-state index is 5.98. The summed E-state index contributed by atoms with van der Waals surface area (Å²) in [5, 5.41) is 0. The molecule has 0 radical (unpaired) electrons. The van der Waals surface area contributed by atoms with Gasteiger partial charge in [0.1, 0.15) is 0 Å². The van der Waals surface area contributed by atoms with Gasteiger partial charge in [0.05, 0.1) is 0 Å². The summed E-state index contributed by atoms with van der Waals surface area (Å²) in [7, 11) is 0. The predicted molar refractivity (Wildman–Crippen MR) is 56.3 cm³/mol. The number of hydrogen-bond donors (Lipinski definition) is 1. The third-order valence-corrected chi connectivity index (χ3v) is 3.53. The van der Waals surface area contributed by atoms with Crippen LogP contribution in [0.3, 0.4) is 0 Å². The first-order chi connectivity index (χ1) is 5.83. The van der Waals surface area contributed by atoms with Crippen LogP contribution in [0.15, 0.2) is 24.3 Å². The highest BCUT2D eigenvalue weighted by Gasteiger charge is 2.55. The molecule has 0 saturated heterocycles. The topological polar surface area (TPSA) is 26.0 Å². The molecule has 1 aromatic rings. The number of aryl methyl sites for hydroxylation is 1. The van der Waals surface area contributed by atoms with Gasteiger partial charge in [-0.1, -0.05) is 24.3 Å². The van der Waals surface area contributed by atoms with Crippen molar-refractivity contribution in [3.8, 4) is 0 Å². The van der Waals surface area contributed by atoms with Gasteiger partial charge < -0.3 is 5.73 Å². The van der Waals surface area contributed by atoms with Gasteiger partial charge in [0.15, 0.2) is 0 Å². The molecule has 1 saturated carbocycles. The molecule has 1 aromatic carbocycles. The summed E-state index contributed by atoms with van der Waals surface area (Å²) in [6, 6.07) is 9.22. The zero-order valence-electron chi connectivity index (χ0n) is 7.49. The molecule has 2 heteroatoms. The lowest BCUT2D eigenvalue weighted by Crippen LogP contribution is -2.14. The first-order valence-electron chi connectivity index (χ1n) is 4.67. The van der Waals surface area contributed by atoms with Crippen LogP contribution in [0, 0.1) is 0 Å². The molecule has 13 heavy (non-hydrogen) atoms. The van der Waals surface area contributed by atoms with Crippen LogP contribution in [-0.4, -0.2) is 6.04 Å². The van der Waals surface area contributed by atoms with Crippen molar-refractivity contribution in [1.82, 2.24) is 0 Å². The van der Waals surface area contributed by atoms with E-state index in [4.69, 9.17) is 5.73 Å². The molecule has 0 bridgehead atoms. The third-order valence-electron chi connectivity index (χ3n) is 3.53. The van der Waals surface area contributed by atoms with Gasteiger partial charge in [0.2, 0.25) is 0 Å². The fourth-order valence-electron chi connectivity index (χ4n) is 2.65. The van der Waals surface area contributed by atoms with Crippen molar-refractivity contribution in [3.63, 3.8) is 0 Å². The summed E-state index contributed by atoms with van der Waals surface area (Å²) < 4.78 is 0. The Kier molecular flexibility index (Phi) is 1.90. The number of fused-ring (bicyclic) bond motifs is 2.